The van der Waals surface area contributed by atoms with E-state index in [0.717, 1.165) is 19.4 Å². The molecule has 0 heterocycles. The van der Waals surface area contributed by atoms with Crippen LogP contribution in [0.5, 0.6) is 0 Å². The number of halogens is 1. The van der Waals surface area contributed by atoms with Crippen molar-refractivity contribution in [3.8, 4) is 0 Å². The van der Waals surface area contributed by atoms with Crippen LogP contribution in [0.15, 0.2) is 28.7 Å². The molecule has 2 N–H and O–H groups in total. The van der Waals surface area contributed by atoms with Gasteiger partial charge in [0.25, 0.3) is 0 Å². The van der Waals surface area contributed by atoms with E-state index in [1.54, 1.807) is 0 Å². The molecule has 0 radical (unpaired) electrons. The average Bonchev–Trinajstić information content (AvgIpc) is 2.64. The van der Waals surface area contributed by atoms with Crippen LogP contribution >= 0.6 is 15.9 Å². The number of aliphatic hydroxyl groups is 1. The summed E-state index contributed by atoms with van der Waals surface area (Å²) in [5.74, 6) is 0.668. The second kappa shape index (κ2) is 6.80. The zero-order chi connectivity index (χ0) is 14.7. The molecule has 0 aliphatic heterocycles. The van der Waals surface area contributed by atoms with Crippen molar-refractivity contribution < 1.29 is 5.11 Å². The first-order chi connectivity index (χ1) is 10.2. The molecule has 0 unspecified atom stereocenters. The van der Waals surface area contributed by atoms with Gasteiger partial charge in [-0.25, -0.2) is 0 Å². The fraction of sp³-hybridized carbons (Fsp3) is 0.667. The monoisotopic (exact) mass is 351 g/mol. The van der Waals surface area contributed by atoms with Crippen LogP contribution in [0.1, 0.15) is 62.8 Å². The Morgan fingerprint density at radius 2 is 1.76 bits per heavy atom. The van der Waals surface area contributed by atoms with Crippen LogP contribution < -0.4 is 5.32 Å². The van der Waals surface area contributed by atoms with Gasteiger partial charge in [-0.1, -0.05) is 59.8 Å². The summed E-state index contributed by atoms with van der Waals surface area (Å²) in [6.07, 6.45) is 9.27. The summed E-state index contributed by atoms with van der Waals surface area (Å²) in [7, 11) is 0. The topological polar surface area (TPSA) is 32.3 Å². The van der Waals surface area contributed by atoms with Gasteiger partial charge < -0.3 is 10.4 Å². The summed E-state index contributed by atoms with van der Waals surface area (Å²) in [4.78, 5) is 0. The standard InChI is InChI=1S/C18H26BrNO/c19-17-8-4-3-7-16(17)14-11-15(12-14)20-13-18(21)9-5-1-2-6-10-18/h3-4,7-8,14-15,20-21H,1-2,5-6,9-13H2. The van der Waals surface area contributed by atoms with E-state index >= 15 is 0 Å². The van der Waals surface area contributed by atoms with Crippen molar-refractivity contribution in [3.05, 3.63) is 34.3 Å². The van der Waals surface area contributed by atoms with Gasteiger partial charge in [0.05, 0.1) is 5.60 Å². The zero-order valence-corrected chi connectivity index (χ0v) is 14.2. The summed E-state index contributed by atoms with van der Waals surface area (Å²) >= 11 is 3.65. The number of nitrogens with one attached hydrogen (secondary N) is 1. The molecule has 21 heavy (non-hydrogen) atoms. The van der Waals surface area contributed by atoms with E-state index in [1.165, 1.54) is 48.6 Å². The lowest BCUT2D eigenvalue weighted by Crippen LogP contribution is -2.48. The molecule has 0 aromatic heterocycles. The SMILES string of the molecule is OC1(CNC2CC(c3ccccc3Br)C2)CCCCCC1. The van der Waals surface area contributed by atoms with Gasteiger partial charge in [-0.05, 0) is 43.2 Å². The number of hydrogen-bond donors (Lipinski definition) is 2. The van der Waals surface area contributed by atoms with Crippen LogP contribution in [-0.2, 0) is 0 Å². The molecule has 0 saturated heterocycles. The Bertz CT molecular complexity index is 462. The molecular weight excluding hydrogens is 326 g/mol. The van der Waals surface area contributed by atoms with Crippen molar-refractivity contribution in [1.29, 1.82) is 0 Å². The third kappa shape index (κ3) is 3.88. The highest BCUT2D eigenvalue weighted by Crippen LogP contribution is 2.40. The number of rotatable bonds is 4. The average molecular weight is 352 g/mol. The van der Waals surface area contributed by atoms with Crippen molar-refractivity contribution in [3.63, 3.8) is 0 Å². The van der Waals surface area contributed by atoms with Crippen LogP contribution in [0.2, 0.25) is 0 Å². The highest BCUT2D eigenvalue weighted by molar-refractivity contribution is 9.10. The van der Waals surface area contributed by atoms with E-state index < -0.39 is 5.60 Å². The van der Waals surface area contributed by atoms with E-state index in [-0.39, 0.29) is 0 Å². The van der Waals surface area contributed by atoms with Crippen molar-refractivity contribution in [2.24, 2.45) is 0 Å². The van der Waals surface area contributed by atoms with E-state index in [1.807, 2.05) is 0 Å². The molecule has 1 aromatic carbocycles. The van der Waals surface area contributed by atoms with Crippen LogP contribution in [0.4, 0.5) is 0 Å². The molecule has 3 heteroatoms. The van der Waals surface area contributed by atoms with Gasteiger partial charge in [0.2, 0.25) is 0 Å². The maximum atomic E-state index is 10.7. The van der Waals surface area contributed by atoms with Crippen molar-refractivity contribution in [2.75, 3.05) is 6.54 Å². The minimum Gasteiger partial charge on any atom is -0.389 e. The van der Waals surface area contributed by atoms with Crippen LogP contribution in [0.25, 0.3) is 0 Å². The van der Waals surface area contributed by atoms with E-state index in [0.29, 0.717) is 12.0 Å². The molecule has 1 aromatic rings. The molecule has 116 valence electrons. The van der Waals surface area contributed by atoms with Gasteiger partial charge in [-0.15, -0.1) is 0 Å². The van der Waals surface area contributed by atoms with Gasteiger partial charge in [-0.3, -0.25) is 0 Å². The van der Waals surface area contributed by atoms with E-state index in [9.17, 15) is 5.11 Å². The van der Waals surface area contributed by atoms with Gasteiger partial charge in [0.15, 0.2) is 0 Å². The first kappa shape index (κ1) is 15.5. The predicted octanol–water partition coefficient (Wildman–Crippen LogP) is 4.37. The van der Waals surface area contributed by atoms with Crippen LogP contribution in [-0.4, -0.2) is 23.3 Å². The van der Waals surface area contributed by atoms with E-state index in [4.69, 9.17) is 0 Å². The first-order valence-corrected chi connectivity index (χ1v) is 9.16. The Morgan fingerprint density at radius 1 is 1.10 bits per heavy atom. The quantitative estimate of drug-likeness (QED) is 0.789. The minimum absolute atomic E-state index is 0.449. The van der Waals surface area contributed by atoms with Gasteiger partial charge in [-0.2, -0.15) is 0 Å². The fourth-order valence-corrected chi connectivity index (χ4v) is 4.35. The Labute approximate surface area is 136 Å². The highest BCUT2D eigenvalue weighted by Gasteiger charge is 2.34. The Kier molecular flexibility index (Phi) is 5.03. The molecule has 0 spiro atoms. The predicted molar refractivity (Wildman–Crippen MR) is 90.6 cm³/mol. The molecule has 2 aliphatic carbocycles. The first-order valence-electron chi connectivity index (χ1n) is 8.36. The summed E-state index contributed by atoms with van der Waals surface area (Å²) < 4.78 is 1.23. The lowest BCUT2D eigenvalue weighted by molar-refractivity contribution is 0.0191. The third-order valence-electron chi connectivity index (χ3n) is 5.24. The van der Waals surface area contributed by atoms with Crippen molar-refractivity contribution in [1.82, 2.24) is 5.32 Å². The largest absolute Gasteiger partial charge is 0.389 e. The lowest BCUT2D eigenvalue weighted by atomic mass is 9.75. The number of hydrogen-bond acceptors (Lipinski definition) is 2. The molecule has 0 atom stereocenters. The zero-order valence-electron chi connectivity index (χ0n) is 12.7. The molecule has 2 aliphatic rings. The fourth-order valence-electron chi connectivity index (χ4n) is 3.74. The van der Waals surface area contributed by atoms with Gasteiger partial charge in [0, 0.05) is 17.1 Å². The van der Waals surface area contributed by atoms with Crippen molar-refractivity contribution in [2.45, 2.75) is 68.9 Å². The summed E-state index contributed by atoms with van der Waals surface area (Å²) in [5, 5.41) is 14.3. The normalized spacial score (nSPS) is 28.7. The lowest BCUT2D eigenvalue weighted by Gasteiger charge is -2.39. The Balaban J connectivity index is 1.46. The Morgan fingerprint density at radius 3 is 2.43 bits per heavy atom. The molecule has 3 rings (SSSR count). The smallest absolute Gasteiger partial charge is 0.0771 e. The second-order valence-electron chi connectivity index (χ2n) is 6.91. The summed E-state index contributed by atoms with van der Waals surface area (Å²) in [6.45, 7) is 0.778. The van der Waals surface area contributed by atoms with Crippen LogP contribution in [0.3, 0.4) is 0 Å². The third-order valence-corrected chi connectivity index (χ3v) is 5.96. The maximum absolute atomic E-state index is 10.7. The molecule has 2 saturated carbocycles. The van der Waals surface area contributed by atoms with Crippen LogP contribution in [0, 0.1) is 0 Å². The highest BCUT2D eigenvalue weighted by atomic mass is 79.9. The van der Waals surface area contributed by atoms with E-state index in [2.05, 4.69) is 45.5 Å². The minimum atomic E-state index is -0.449. The maximum Gasteiger partial charge on any atom is 0.0771 e. The summed E-state index contributed by atoms with van der Waals surface area (Å²) in [6, 6.07) is 9.13. The molecular formula is C18H26BrNO. The molecule has 2 fully saturated rings. The number of benzene rings is 1. The summed E-state index contributed by atoms with van der Waals surface area (Å²) in [5.41, 5.74) is 0.985. The molecule has 0 bridgehead atoms. The molecule has 2 nitrogen and oxygen atoms in total. The second-order valence-corrected chi connectivity index (χ2v) is 7.76. The molecule has 0 amide bonds. The van der Waals surface area contributed by atoms with Crippen molar-refractivity contribution >= 4 is 15.9 Å². The van der Waals surface area contributed by atoms with Gasteiger partial charge >= 0.3 is 0 Å². The van der Waals surface area contributed by atoms with Gasteiger partial charge in [0.1, 0.15) is 0 Å². The Hall–Kier alpha value is -0.380.